The molecule has 0 aromatic heterocycles. The second-order valence-electron chi connectivity index (χ2n) is 3.08. The Labute approximate surface area is 72.6 Å². The van der Waals surface area contributed by atoms with Crippen LogP contribution in [0.15, 0.2) is 23.3 Å². The van der Waals surface area contributed by atoms with Crippen LogP contribution < -0.4 is 0 Å². The summed E-state index contributed by atoms with van der Waals surface area (Å²) in [4.78, 5) is 11.2. The van der Waals surface area contributed by atoms with E-state index in [1.807, 2.05) is 26.0 Å². The number of rotatable bonds is 2. The molecule has 1 N–H and O–H groups in total. The Hall–Kier alpha value is -0.890. The largest absolute Gasteiger partial charge is 0.388 e. The Morgan fingerprint density at radius 1 is 1.67 bits per heavy atom. The molecule has 2 heteroatoms. The number of allylic oxidation sites excluding steroid dienone is 3. The molecule has 0 heterocycles. The number of aliphatic hydroxyl groups is 1. The number of carbonyl (C=O) groups excluding carboxylic acids is 1. The minimum Gasteiger partial charge on any atom is -0.388 e. The summed E-state index contributed by atoms with van der Waals surface area (Å²) in [6.07, 6.45) is 4.27. The molecule has 0 aromatic rings. The molecule has 0 aliphatic heterocycles. The number of ketones is 1. The Morgan fingerprint density at radius 2 is 2.33 bits per heavy atom. The van der Waals surface area contributed by atoms with Crippen molar-refractivity contribution in [3.8, 4) is 0 Å². The van der Waals surface area contributed by atoms with Crippen molar-refractivity contribution in [1.82, 2.24) is 0 Å². The Morgan fingerprint density at radius 3 is 2.75 bits per heavy atom. The zero-order chi connectivity index (χ0) is 9.14. The van der Waals surface area contributed by atoms with E-state index in [0.29, 0.717) is 6.42 Å². The van der Waals surface area contributed by atoms with Gasteiger partial charge in [-0.2, -0.15) is 0 Å². The van der Waals surface area contributed by atoms with E-state index in [1.54, 1.807) is 0 Å². The first kappa shape index (κ1) is 9.20. The number of carbonyl (C=O) groups is 1. The number of Topliss-reactive ketones (excluding diaryl/α,β-unsaturated/α-hetero) is 1. The molecule has 66 valence electrons. The molecule has 1 atom stereocenters. The number of hydrogen-bond acceptors (Lipinski definition) is 2. The molecular formula is C10H14O2. The van der Waals surface area contributed by atoms with Crippen LogP contribution in [0.5, 0.6) is 0 Å². The van der Waals surface area contributed by atoms with Gasteiger partial charge >= 0.3 is 0 Å². The van der Waals surface area contributed by atoms with Gasteiger partial charge in [0.1, 0.15) is 0 Å². The third-order valence-electron chi connectivity index (χ3n) is 2.25. The van der Waals surface area contributed by atoms with Crippen molar-refractivity contribution in [1.29, 1.82) is 0 Å². The summed E-state index contributed by atoms with van der Waals surface area (Å²) in [7, 11) is 0. The predicted octanol–water partition coefficient (Wildman–Crippen LogP) is 1.60. The topological polar surface area (TPSA) is 37.3 Å². The smallest absolute Gasteiger partial charge is 0.162 e. The maximum Gasteiger partial charge on any atom is 0.162 e. The van der Waals surface area contributed by atoms with Crippen molar-refractivity contribution < 1.29 is 9.90 Å². The van der Waals surface area contributed by atoms with E-state index >= 15 is 0 Å². The van der Waals surface area contributed by atoms with E-state index in [0.717, 1.165) is 11.1 Å². The highest BCUT2D eigenvalue weighted by atomic mass is 16.3. The molecule has 2 nitrogen and oxygen atoms in total. The molecule has 1 aliphatic carbocycles. The van der Waals surface area contributed by atoms with Gasteiger partial charge in [-0.25, -0.2) is 0 Å². The monoisotopic (exact) mass is 166 g/mol. The minimum atomic E-state index is -0.530. The molecule has 1 aliphatic rings. The molecule has 0 unspecified atom stereocenters. The molecule has 1 rings (SSSR count). The summed E-state index contributed by atoms with van der Waals surface area (Å²) in [5.74, 6) is 0.0955. The fraction of sp³-hybridized carbons (Fsp3) is 0.500. The number of hydrogen-bond donors (Lipinski definition) is 1. The fourth-order valence-electron chi connectivity index (χ4n) is 1.38. The Balaban J connectivity index is 2.78. The number of aliphatic hydroxyl groups excluding tert-OH is 1. The Bertz CT molecular complexity index is 249. The average molecular weight is 166 g/mol. The van der Waals surface area contributed by atoms with Gasteiger partial charge < -0.3 is 5.11 Å². The molecule has 0 saturated carbocycles. The second kappa shape index (κ2) is 3.68. The van der Waals surface area contributed by atoms with E-state index in [4.69, 9.17) is 0 Å². The first-order chi connectivity index (χ1) is 5.66. The normalized spacial score (nSPS) is 24.6. The van der Waals surface area contributed by atoms with Gasteiger partial charge in [0.2, 0.25) is 0 Å². The summed E-state index contributed by atoms with van der Waals surface area (Å²) in [5, 5.41) is 9.34. The third-order valence-corrected chi connectivity index (χ3v) is 2.25. The van der Waals surface area contributed by atoms with Crippen molar-refractivity contribution in [2.75, 3.05) is 0 Å². The van der Waals surface area contributed by atoms with E-state index in [-0.39, 0.29) is 12.2 Å². The van der Waals surface area contributed by atoms with Crippen molar-refractivity contribution in [2.45, 2.75) is 32.8 Å². The highest BCUT2D eigenvalue weighted by Crippen LogP contribution is 2.25. The second-order valence-corrected chi connectivity index (χ2v) is 3.08. The molecule has 0 spiro atoms. The van der Waals surface area contributed by atoms with Gasteiger partial charge in [0.15, 0.2) is 5.78 Å². The lowest BCUT2D eigenvalue weighted by Gasteiger charge is -1.99. The van der Waals surface area contributed by atoms with Crippen LogP contribution in [-0.2, 0) is 4.79 Å². The first-order valence-corrected chi connectivity index (χ1v) is 4.19. The van der Waals surface area contributed by atoms with Crippen LogP contribution in [0, 0.1) is 0 Å². The summed E-state index contributed by atoms with van der Waals surface area (Å²) in [5.41, 5.74) is 1.64. The van der Waals surface area contributed by atoms with E-state index < -0.39 is 6.10 Å². The molecule has 0 fully saturated rings. The van der Waals surface area contributed by atoms with Crippen molar-refractivity contribution in [2.24, 2.45) is 0 Å². The van der Waals surface area contributed by atoms with Crippen molar-refractivity contribution >= 4 is 5.78 Å². The standard InChI is InChI=1S/C10H14O2/c1-3-4-5-8-7(2)9(11)6-10(8)12/h3-4,9,11H,5-6H2,1-2H3/b4-3-/t9-/m1/s1. The van der Waals surface area contributed by atoms with Crippen LogP contribution in [-0.4, -0.2) is 17.0 Å². The van der Waals surface area contributed by atoms with E-state index in [9.17, 15) is 9.90 Å². The lowest BCUT2D eigenvalue weighted by Crippen LogP contribution is -2.03. The van der Waals surface area contributed by atoms with Gasteiger partial charge in [-0.15, -0.1) is 0 Å². The van der Waals surface area contributed by atoms with Gasteiger partial charge in [-0.1, -0.05) is 12.2 Å². The zero-order valence-electron chi connectivity index (χ0n) is 7.50. The maximum absolute atomic E-state index is 11.2. The first-order valence-electron chi connectivity index (χ1n) is 4.19. The molecular weight excluding hydrogens is 152 g/mol. The van der Waals surface area contributed by atoms with Crippen molar-refractivity contribution in [3.63, 3.8) is 0 Å². The van der Waals surface area contributed by atoms with Gasteiger partial charge in [0, 0.05) is 12.0 Å². The quantitative estimate of drug-likeness (QED) is 0.633. The third kappa shape index (κ3) is 1.64. The highest BCUT2D eigenvalue weighted by Gasteiger charge is 2.26. The van der Waals surface area contributed by atoms with Gasteiger partial charge in [0.05, 0.1) is 6.10 Å². The zero-order valence-corrected chi connectivity index (χ0v) is 7.50. The molecule has 0 bridgehead atoms. The minimum absolute atomic E-state index is 0.0955. The molecule has 12 heavy (non-hydrogen) atoms. The lowest BCUT2D eigenvalue weighted by molar-refractivity contribution is -0.115. The van der Waals surface area contributed by atoms with Crippen LogP contribution in [0.25, 0.3) is 0 Å². The van der Waals surface area contributed by atoms with Gasteiger partial charge in [0.25, 0.3) is 0 Å². The average Bonchev–Trinajstić information content (AvgIpc) is 2.25. The predicted molar refractivity (Wildman–Crippen MR) is 47.8 cm³/mol. The lowest BCUT2D eigenvalue weighted by atomic mass is 10.1. The molecule has 0 saturated heterocycles. The fourth-order valence-corrected chi connectivity index (χ4v) is 1.38. The van der Waals surface area contributed by atoms with Gasteiger partial charge in [-0.05, 0) is 25.8 Å². The van der Waals surface area contributed by atoms with E-state index in [1.165, 1.54) is 0 Å². The summed E-state index contributed by atoms with van der Waals surface area (Å²) < 4.78 is 0. The summed E-state index contributed by atoms with van der Waals surface area (Å²) in [6, 6.07) is 0. The molecule has 0 amide bonds. The molecule has 0 radical (unpaired) electrons. The summed E-state index contributed by atoms with van der Waals surface area (Å²) in [6.45, 7) is 3.75. The Kier molecular flexibility index (Phi) is 2.82. The van der Waals surface area contributed by atoms with Crippen LogP contribution in [0.1, 0.15) is 26.7 Å². The van der Waals surface area contributed by atoms with Gasteiger partial charge in [-0.3, -0.25) is 4.79 Å². The summed E-state index contributed by atoms with van der Waals surface area (Å²) >= 11 is 0. The van der Waals surface area contributed by atoms with Crippen molar-refractivity contribution in [3.05, 3.63) is 23.3 Å². The maximum atomic E-state index is 11.2. The SMILES string of the molecule is C/C=C\CC1=C(C)[C@H](O)CC1=O. The van der Waals surface area contributed by atoms with Crippen LogP contribution in [0.4, 0.5) is 0 Å². The molecule has 0 aromatic carbocycles. The highest BCUT2D eigenvalue weighted by molar-refractivity contribution is 5.99. The van der Waals surface area contributed by atoms with E-state index in [2.05, 4.69) is 0 Å². The van der Waals surface area contributed by atoms with Crippen LogP contribution in [0.2, 0.25) is 0 Å². The van der Waals surface area contributed by atoms with Crippen LogP contribution in [0.3, 0.4) is 0 Å². The van der Waals surface area contributed by atoms with Crippen LogP contribution >= 0.6 is 0 Å².